The third-order valence-electron chi connectivity index (χ3n) is 3.22. The van der Waals surface area contributed by atoms with Crippen molar-refractivity contribution in [3.63, 3.8) is 0 Å². The molecule has 5 nitrogen and oxygen atoms in total. The molecule has 0 aromatic carbocycles. The third-order valence-corrected chi connectivity index (χ3v) is 3.22. The van der Waals surface area contributed by atoms with E-state index in [4.69, 9.17) is 10.5 Å². The van der Waals surface area contributed by atoms with E-state index in [1.54, 1.807) is 6.07 Å². The number of ether oxygens (including phenoxy) is 1. The summed E-state index contributed by atoms with van der Waals surface area (Å²) in [7, 11) is 0. The lowest BCUT2D eigenvalue weighted by atomic mass is 10.1. The minimum atomic E-state index is -0.454. The highest BCUT2D eigenvalue weighted by Gasteiger charge is 2.46. The molecule has 0 radical (unpaired) electrons. The smallest absolute Gasteiger partial charge is 0.267 e. The highest BCUT2D eigenvalue weighted by atomic mass is 16.5. The molecule has 1 aromatic rings. The van der Waals surface area contributed by atoms with Gasteiger partial charge in [-0.15, -0.1) is 0 Å². The maximum atomic E-state index is 11.0. The minimum absolute atomic E-state index is 0.373. The van der Waals surface area contributed by atoms with E-state index in [1.165, 1.54) is 0 Å². The van der Waals surface area contributed by atoms with E-state index in [-0.39, 0.29) is 0 Å². The van der Waals surface area contributed by atoms with Crippen LogP contribution in [0.25, 0.3) is 0 Å². The molecule has 2 N–H and O–H groups in total. The number of amides is 1. The van der Waals surface area contributed by atoms with Crippen LogP contribution in [0, 0.1) is 0 Å². The molecule has 78 valence electrons. The summed E-state index contributed by atoms with van der Waals surface area (Å²) in [6, 6.07) is 3.80. The number of hydrogen-bond acceptors (Lipinski definition) is 3. The van der Waals surface area contributed by atoms with Crippen molar-refractivity contribution in [2.75, 3.05) is 26.3 Å². The Morgan fingerprint density at radius 1 is 1.40 bits per heavy atom. The molecule has 1 aromatic heterocycles. The summed E-state index contributed by atoms with van der Waals surface area (Å²) in [6.07, 6.45) is 0. The molecule has 0 unspecified atom stereocenters. The molecule has 5 heteroatoms. The fourth-order valence-electron chi connectivity index (χ4n) is 2.30. The second-order valence-corrected chi connectivity index (χ2v) is 3.96. The van der Waals surface area contributed by atoms with Crippen LogP contribution in [0.1, 0.15) is 10.5 Å². The lowest BCUT2D eigenvalue weighted by molar-refractivity contribution is 0.0582. The summed E-state index contributed by atoms with van der Waals surface area (Å²) in [4.78, 5) is 15.2. The first-order valence-corrected chi connectivity index (χ1v) is 5.00. The lowest BCUT2D eigenvalue weighted by Crippen LogP contribution is -2.56. The summed E-state index contributed by atoms with van der Waals surface area (Å²) >= 11 is 0. The number of primary amides is 1. The first-order chi connectivity index (χ1) is 7.22. The lowest BCUT2D eigenvalue weighted by Gasteiger charge is -2.44. The second kappa shape index (κ2) is 2.77. The zero-order chi connectivity index (χ0) is 10.5. The van der Waals surface area contributed by atoms with Gasteiger partial charge in [0.1, 0.15) is 24.5 Å². The number of morpholine rings is 1. The summed E-state index contributed by atoms with van der Waals surface area (Å²) in [5, 5.41) is 0. The van der Waals surface area contributed by atoms with E-state index in [9.17, 15) is 4.79 Å². The predicted molar refractivity (Wildman–Crippen MR) is 54.8 cm³/mol. The highest BCUT2D eigenvalue weighted by molar-refractivity contribution is 5.93. The van der Waals surface area contributed by atoms with Gasteiger partial charge in [0.25, 0.3) is 5.91 Å². The second-order valence-electron chi connectivity index (χ2n) is 3.96. The van der Waals surface area contributed by atoms with Crippen molar-refractivity contribution < 1.29 is 9.53 Å². The molecule has 4 rings (SSSR count). The van der Waals surface area contributed by atoms with E-state index >= 15 is 0 Å². The van der Waals surface area contributed by atoms with Gasteiger partial charge in [-0.25, -0.2) is 4.48 Å². The number of nitrogens with zero attached hydrogens (tertiary/aromatic N) is 2. The number of fused-ring (bicyclic) bond motifs is 2. The Labute approximate surface area is 87.0 Å². The number of quaternary nitrogens is 1. The van der Waals surface area contributed by atoms with Gasteiger partial charge in [0.2, 0.25) is 5.82 Å². The normalized spacial score (nSPS) is 21.1. The van der Waals surface area contributed by atoms with E-state index in [0.29, 0.717) is 5.69 Å². The number of aromatic nitrogens is 1. The number of hydrogen-bond donors (Lipinski definition) is 1. The van der Waals surface area contributed by atoms with Crippen LogP contribution in [0.2, 0.25) is 0 Å². The van der Waals surface area contributed by atoms with Gasteiger partial charge >= 0.3 is 0 Å². The first kappa shape index (κ1) is 8.82. The van der Waals surface area contributed by atoms with Crippen molar-refractivity contribution >= 4 is 17.4 Å². The molecule has 15 heavy (non-hydrogen) atoms. The Kier molecular flexibility index (Phi) is 1.63. The molecule has 3 aliphatic rings. The number of carbonyl (C=O) groups is 1. The van der Waals surface area contributed by atoms with Crippen LogP contribution in [0.5, 0.6) is 0 Å². The van der Waals surface area contributed by atoms with Gasteiger partial charge < -0.3 is 10.5 Å². The molecule has 0 saturated carbocycles. The van der Waals surface area contributed by atoms with Crippen LogP contribution in [0.15, 0.2) is 12.1 Å². The standard InChI is InChI=1S/C10H11N3O2/c11-10(14)8-5-7-6-9(12-8)13(7)1-3-15-4-2-13/h5-6H,1-4H2,(H-,11,14)/p+1. The third kappa shape index (κ3) is 1.04. The van der Waals surface area contributed by atoms with Crippen LogP contribution in [0.3, 0.4) is 0 Å². The van der Waals surface area contributed by atoms with E-state index < -0.39 is 5.91 Å². The van der Waals surface area contributed by atoms with Crippen molar-refractivity contribution in [1.82, 2.24) is 9.47 Å². The van der Waals surface area contributed by atoms with Crippen molar-refractivity contribution in [3.05, 3.63) is 17.8 Å². The molecule has 1 amide bonds. The van der Waals surface area contributed by atoms with Crippen LogP contribution < -0.4 is 10.2 Å². The van der Waals surface area contributed by atoms with Crippen molar-refractivity contribution in [3.8, 4) is 0 Å². The Morgan fingerprint density at radius 3 is 2.67 bits per heavy atom. The summed E-state index contributed by atoms with van der Waals surface area (Å²) < 4.78 is 6.10. The zero-order valence-electron chi connectivity index (χ0n) is 8.27. The molecular formula is C10H12N3O2+. The SMILES string of the molecule is NC(=O)C1=NC2=CC(=C1)[N+]21CCOCC1. The quantitative estimate of drug-likeness (QED) is 0.666. The molecule has 1 spiro atoms. The van der Waals surface area contributed by atoms with Gasteiger partial charge in [-0.2, -0.15) is 4.98 Å². The number of rotatable bonds is 1. The maximum absolute atomic E-state index is 11.0. The molecule has 1 fully saturated rings. The Balaban J connectivity index is 1.99. The topological polar surface area (TPSA) is 65.2 Å². The van der Waals surface area contributed by atoms with Gasteiger partial charge in [-0.1, -0.05) is 0 Å². The molecule has 0 atom stereocenters. The van der Waals surface area contributed by atoms with Gasteiger partial charge in [0.15, 0.2) is 0 Å². The average Bonchev–Trinajstić information content (AvgIpc) is 2.30. The minimum Gasteiger partial charge on any atom is -0.370 e. The highest BCUT2D eigenvalue weighted by Crippen LogP contribution is 2.45. The maximum Gasteiger partial charge on any atom is 0.267 e. The fourth-order valence-corrected chi connectivity index (χ4v) is 2.30. The largest absolute Gasteiger partial charge is 0.370 e. The van der Waals surface area contributed by atoms with E-state index in [1.807, 2.05) is 6.07 Å². The van der Waals surface area contributed by atoms with Crippen LogP contribution in [-0.4, -0.2) is 37.2 Å². The summed E-state index contributed by atoms with van der Waals surface area (Å²) in [6.45, 7) is 3.31. The zero-order valence-corrected chi connectivity index (χ0v) is 8.27. The molecule has 4 heterocycles. The van der Waals surface area contributed by atoms with Crippen LogP contribution >= 0.6 is 0 Å². The predicted octanol–water partition coefficient (Wildman–Crippen LogP) is 0.163. The van der Waals surface area contributed by atoms with Gasteiger partial charge in [-0.3, -0.25) is 4.79 Å². The average molecular weight is 206 g/mol. The van der Waals surface area contributed by atoms with Crippen LogP contribution in [-0.2, 0) is 4.74 Å². The summed E-state index contributed by atoms with van der Waals surface area (Å²) in [5.41, 5.74) is 6.70. The van der Waals surface area contributed by atoms with E-state index in [2.05, 4.69) is 4.98 Å². The van der Waals surface area contributed by atoms with Gasteiger partial charge in [0, 0.05) is 6.07 Å². The van der Waals surface area contributed by atoms with Gasteiger partial charge in [-0.05, 0) is 0 Å². The van der Waals surface area contributed by atoms with Crippen molar-refractivity contribution in [2.24, 2.45) is 5.73 Å². The molecule has 2 bridgehead atoms. The Morgan fingerprint density at radius 2 is 2.13 bits per heavy atom. The fraction of sp³-hybridized carbons (Fsp3) is 0.400. The Hall–Kier alpha value is -1.46. The van der Waals surface area contributed by atoms with E-state index in [0.717, 1.165) is 42.3 Å². The van der Waals surface area contributed by atoms with Crippen molar-refractivity contribution in [2.45, 2.75) is 0 Å². The number of carbonyl (C=O) groups excluding carboxylic acids is 1. The number of nitrogens with two attached hydrogens (primary N) is 1. The molecular weight excluding hydrogens is 194 g/mol. The molecule has 0 aliphatic carbocycles. The summed E-state index contributed by atoms with van der Waals surface area (Å²) in [5.74, 6) is 0.494. The van der Waals surface area contributed by atoms with Gasteiger partial charge in [0.05, 0.1) is 19.3 Å². The molecule has 3 aliphatic heterocycles. The molecule has 1 saturated heterocycles. The van der Waals surface area contributed by atoms with Crippen molar-refractivity contribution in [1.29, 1.82) is 0 Å². The first-order valence-electron chi connectivity index (χ1n) is 5.00. The van der Waals surface area contributed by atoms with Crippen LogP contribution in [0.4, 0.5) is 11.5 Å². The monoisotopic (exact) mass is 206 g/mol. The Bertz CT molecular complexity index is 414. The number of pyridine rings is 1.